The van der Waals surface area contributed by atoms with Gasteiger partial charge in [0.25, 0.3) is 0 Å². The van der Waals surface area contributed by atoms with Gasteiger partial charge in [-0.2, -0.15) is 0 Å². The highest BCUT2D eigenvalue weighted by atomic mass is 35.7. The lowest BCUT2D eigenvalue weighted by Crippen LogP contribution is -2.14. The highest BCUT2D eigenvalue weighted by Crippen LogP contribution is 2.21. The zero-order valence-corrected chi connectivity index (χ0v) is 19.7. The summed E-state index contributed by atoms with van der Waals surface area (Å²) in [5.74, 6) is -0.0938. The fourth-order valence-corrected chi connectivity index (χ4v) is 4.10. The van der Waals surface area contributed by atoms with Crippen molar-refractivity contribution in [2.75, 3.05) is 6.61 Å². The molecule has 0 bridgehead atoms. The van der Waals surface area contributed by atoms with E-state index in [9.17, 15) is 4.79 Å². The van der Waals surface area contributed by atoms with Crippen molar-refractivity contribution >= 4 is 34.8 Å². The Kier molecular flexibility index (Phi) is 18.5. The number of unbranched alkanes of at least 4 members (excludes halogenated alkanes) is 5. The number of esters is 1. The van der Waals surface area contributed by atoms with Crippen LogP contribution in [-0.2, 0) is 9.53 Å². The summed E-state index contributed by atoms with van der Waals surface area (Å²) in [5.41, 5.74) is 0. The second-order valence-corrected chi connectivity index (χ2v) is 15.2. The van der Waals surface area contributed by atoms with Crippen LogP contribution in [0.25, 0.3) is 0 Å². The van der Waals surface area contributed by atoms with Gasteiger partial charge in [-0.15, -0.1) is 22.2 Å². The maximum absolute atomic E-state index is 11.6. The summed E-state index contributed by atoms with van der Waals surface area (Å²) in [6.07, 6.45) is 24.6. The molecule has 0 radical (unpaired) electrons. The number of rotatable bonds is 17. The van der Waals surface area contributed by atoms with Crippen LogP contribution in [0.15, 0.2) is 36.5 Å². The number of allylic oxidation sites excluding steroid dienone is 6. The van der Waals surface area contributed by atoms with Gasteiger partial charge in [-0.1, -0.05) is 62.6 Å². The summed E-state index contributed by atoms with van der Waals surface area (Å²) < 4.78 is 5.20. The van der Waals surface area contributed by atoms with Gasteiger partial charge in [0.2, 0.25) is 6.69 Å². The Bertz CT molecular complexity index is 440. The molecule has 0 spiro atoms. The van der Waals surface area contributed by atoms with E-state index in [4.69, 9.17) is 26.9 Å². The highest BCUT2D eigenvalue weighted by Gasteiger charge is 2.19. The summed E-state index contributed by atoms with van der Waals surface area (Å²) in [7, 11) is 0. The maximum Gasteiger partial charge on any atom is 0.305 e. The first-order valence-corrected chi connectivity index (χ1v) is 15.2. The number of hydrogen-bond donors (Lipinski definition) is 0. The zero-order valence-electron chi connectivity index (χ0n) is 17.2. The van der Waals surface area contributed by atoms with Crippen LogP contribution in [0.5, 0.6) is 0 Å². The first kappa shape index (κ1) is 26.5. The van der Waals surface area contributed by atoms with Crippen molar-refractivity contribution in [1.29, 1.82) is 0 Å². The highest BCUT2D eigenvalue weighted by molar-refractivity contribution is 7.44. The van der Waals surface area contributed by atoms with Crippen molar-refractivity contribution in [3.05, 3.63) is 36.5 Å². The average Bonchev–Trinajstić information content (AvgIpc) is 2.61. The van der Waals surface area contributed by atoms with Crippen LogP contribution >= 0.6 is 22.2 Å². The van der Waals surface area contributed by atoms with Crippen LogP contribution < -0.4 is 0 Å². The van der Waals surface area contributed by atoms with Crippen LogP contribution in [0.3, 0.4) is 0 Å². The van der Waals surface area contributed by atoms with Crippen LogP contribution in [-0.4, -0.2) is 19.3 Å². The molecule has 5 heteroatoms. The van der Waals surface area contributed by atoms with Gasteiger partial charge in [-0.25, -0.2) is 0 Å². The van der Waals surface area contributed by atoms with Gasteiger partial charge in [0.05, 0.1) is 6.61 Å². The molecular weight excluding hydrogens is 395 g/mol. The van der Waals surface area contributed by atoms with Crippen LogP contribution in [0, 0.1) is 0 Å². The summed E-state index contributed by atoms with van der Waals surface area (Å²) in [5, 5.41) is 0. The molecule has 156 valence electrons. The average molecular weight is 434 g/mol. The predicted molar refractivity (Wildman–Crippen MR) is 123 cm³/mol. The molecule has 0 atom stereocenters. The van der Waals surface area contributed by atoms with Gasteiger partial charge in [-0.3, -0.25) is 4.79 Å². The molecule has 0 fully saturated rings. The molecule has 0 saturated carbocycles. The standard InChI is InChI=1S/C22H38Cl2O2Si/c1-3-4-5-6-7-8-9-10-11-12-13-14-15-16-17-19-22(25)26-20-18-21-27(2,23)24/h4-5,7-8,10-11H,3,6,9,12-21H2,1-2H3. The first-order valence-electron chi connectivity index (χ1n) is 10.4. The smallest absolute Gasteiger partial charge is 0.305 e. The first-order chi connectivity index (χ1) is 13.0. The quantitative estimate of drug-likeness (QED) is 0.0762. The molecule has 0 aliphatic carbocycles. The van der Waals surface area contributed by atoms with Gasteiger partial charge in [-0.05, 0) is 57.5 Å². The van der Waals surface area contributed by atoms with Crippen molar-refractivity contribution in [3.63, 3.8) is 0 Å². The Morgan fingerprint density at radius 3 is 2.11 bits per heavy atom. The van der Waals surface area contributed by atoms with Crippen molar-refractivity contribution in [2.45, 2.75) is 90.1 Å². The third kappa shape index (κ3) is 23.4. The van der Waals surface area contributed by atoms with E-state index >= 15 is 0 Å². The normalized spacial score (nSPS) is 12.6. The second-order valence-electron chi connectivity index (χ2n) is 6.99. The zero-order chi connectivity index (χ0) is 20.2. The van der Waals surface area contributed by atoms with Gasteiger partial charge in [0, 0.05) is 6.42 Å². The Labute approximate surface area is 177 Å². The summed E-state index contributed by atoms with van der Waals surface area (Å²) in [6.45, 7) is 2.43. The molecule has 2 nitrogen and oxygen atoms in total. The minimum absolute atomic E-state index is 0.0938. The van der Waals surface area contributed by atoms with Crippen LogP contribution in [0.1, 0.15) is 77.6 Å². The van der Waals surface area contributed by atoms with E-state index in [1.807, 2.05) is 6.55 Å². The minimum atomic E-state index is -2.05. The molecule has 0 N–H and O–H groups in total. The Morgan fingerprint density at radius 2 is 1.44 bits per heavy atom. The molecular formula is C22H38Cl2O2Si. The Hall–Kier alpha value is -0.513. The van der Waals surface area contributed by atoms with Crippen molar-refractivity contribution in [2.24, 2.45) is 0 Å². The molecule has 27 heavy (non-hydrogen) atoms. The number of halogens is 2. The number of carbonyl (C=O) groups is 1. The van der Waals surface area contributed by atoms with E-state index in [1.165, 1.54) is 19.3 Å². The third-order valence-electron chi connectivity index (χ3n) is 4.05. The fourth-order valence-electron chi connectivity index (χ4n) is 2.53. The van der Waals surface area contributed by atoms with E-state index in [0.29, 0.717) is 13.0 Å². The van der Waals surface area contributed by atoms with E-state index < -0.39 is 6.69 Å². The summed E-state index contributed by atoms with van der Waals surface area (Å²) in [4.78, 5) is 11.6. The number of carbonyl (C=O) groups excluding carboxylic acids is 1. The van der Waals surface area contributed by atoms with Gasteiger partial charge in [0.1, 0.15) is 0 Å². The van der Waals surface area contributed by atoms with Crippen molar-refractivity contribution < 1.29 is 9.53 Å². The molecule has 0 aliphatic rings. The van der Waals surface area contributed by atoms with Crippen molar-refractivity contribution in [3.8, 4) is 0 Å². The molecule has 0 aliphatic heterocycles. The van der Waals surface area contributed by atoms with Crippen molar-refractivity contribution in [1.82, 2.24) is 0 Å². The molecule has 0 amide bonds. The van der Waals surface area contributed by atoms with Gasteiger partial charge >= 0.3 is 5.97 Å². The van der Waals surface area contributed by atoms with Crippen LogP contribution in [0.2, 0.25) is 12.6 Å². The van der Waals surface area contributed by atoms with Gasteiger partial charge < -0.3 is 4.74 Å². The molecule has 0 rings (SSSR count). The summed E-state index contributed by atoms with van der Waals surface area (Å²) in [6, 6.07) is 0.768. The van der Waals surface area contributed by atoms with Gasteiger partial charge in [0.15, 0.2) is 0 Å². The summed E-state index contributed by atoms with van der Waals surface area (Å²) >= 11 is 12.0. The minimum Gasteiger partial charge on any atom is -0.466 e. The lowest BCUT2D eigenvalue weighted by molar-refractivity contribution is -0.143. The molecule has 0 heterocycles. The van der Waals surface area contributed by atoms with E-state index in [-0.39, 0.29) is 5.97 Å². The number of ether oxygens (including phenoxy) is 1. The maximum atomic E-state index is 11.6. The Balaban J connectivity index is 3.35. The lowest BCUT2D eigenvalue weighted by Gasteiger charge is -2.09. The topological polar surface area (TPSA) is 26.3 Å². The van der Waals surface area contributed by atoms with E-state index in [1.54, 1.807) is 0 Å². The van der Waals surface area contributed by atoms with E-state index in [2.05, 4.69) is 43.4 Å². The fraction of sp³-hybridized carbons (Fsp3) is 0.682. The third-order valence-corrected chi connectivity index (χ3v) is 6.42. The SMILES string of the molecule is CCC=CCC=CCC=CCCCCCCCC(=O)OCCC[Si](C)(Cl)Cl. The molecule has 0 unspecified atom stereocenters. The molecule has 0 aromatic carbocycles. The Morgan fingerprint density at radius 1 is 0.852 bits per heavy atom. The molecule has 0 aromatic rings. The second kappa shape index (κ2) is 18.8. The molecule has 0 saturated heterocycles. The predicted octanol–water partition coefficient (Wildman–Crippen LogP) is 8.06. The van der Waals surface area contributed by atoms with E-state index in [0.717, 1.165) is 51.0 Å². The van der Waals surface area contributed by atoms with Crippen LogP contribution in [0.4, 0.5) is 0 Å². The number of hydrogen-bond acceptors (Lipinski definition) is 2. The lowest BCUT2D eigenvalue weighted by atomic mass is 10.1. The monoisotopic (exact) mass is 432 g/mol. The largest absolute Gasteiger partial charge is 0.466 e. The molecule has 0 aromatic heterocycles.